The van der Waals surface area contributed by atoms with E-state index in [0.717, 1.165) is 18.5 Å². The summed E-state index contributed by atoms with van der Waals surface area (Å²) in [5.74, 6) is -0.251. The van der Waals surface area contributed by atoms with Gasteiger partial charge in [-0.2, -0.15) is 5.26 Å². The van der Waals surface area contributed by atoms with Gasteiger partial charge in [-0.25, -0.2) is 4.39 Å². The second kappa shape index (κ2) is 6.81. The van der Waals surface area contributed by atoms with E-state index in [0.29, 0.717) is 6.54 Å². The molecular formula is C12H15FN2O. The first-order valence-electron chi connectivity index (χ1n) is 5.27. The molecule has 16 heavy (non-hydrogen) atoms. The highest BCUT2D eigenvalue weighted by atomic mass is 19.1. The van der Waals surface area contributed by atoms with Gasteiger partial charge in [0.1, 0.15) is 6.07 Å². The predicted octanol–water partition coefficient (Wildman–Crippen LogP) is 2.23. The van der Waals surface area contributed by atoms with E-state index in [1.165, 1.54) is 6.07 Å². The molecule has 0 aliphatic heterocycles. The first-order valence-corrected chi connectivity index (χ1v) is 5.27. The van der Waals surface area contributed by atoms with Gasteiger partial charge in [0.25, 0.3) is 0 Å². The number of nitrogens with one attached hydrogen (secondary N) is 1. The maximum absolute atomic E-state index is 13.4. The zero-order valence-electron chi connectivity index (χ0n) is 9.29. The number of halogens is 1. The Morgan fingerprint density at radius 2 is 2.31 bits per heavy atom. The van der Waals surface area contributed by atoms with Crippen molar-refractivity contribution in [1.82, 2.24) is 5.32 Å². The minimum absolute atomic E-state index is 0.137. The van der Waals surface area contributed by atoms with Crippen molar-refractivity contribution < 1.29 is 9.13 Å². The first-order chi connectivity index (χ1) is 7.79. The Morgan fingerprint density at radius 3 is 3.00 bits per heavy atom. The summed E-state index contributed by atoms with van der Waals surface area (Å²) in [4.78, 5) is 0. The maximum atomic E-state index is 13.4. The van der Waals surface area contributed by atoms with Crippen molar-refractivity contribution in [2.45, 2.75) is 19.9 Å². The van der Waals surface area contributed by atoms with E-state index in [1.807, 2.05) is 6.07 Å². The summed E-state index contributed by atoms with van der Waals surface area (Å²) >= 11 is 0. The first kappa shape index (κ1) is 12.5. The van der Waals surface area contributed by atoms with Crippen LogP contribution in [0, 0.1) is 17.1 Å². The molecule has 0 amide bonds. The molecule has 0 spiro atoms. The Labute approximate surface area is 94.8 Å². The summed E-state index contributed by atoms with van der Waals surface area (Å²) in [6.45, 7) is 3.34. The molecule has 0 fully saturated rings. The minimum Gasteiger partial charge on any atom is -0.475 e. The number of nitrogens with zero attached hydrogens (tertiary/aromatic N) is 1. The van der Waals surface area contributed by atoms with E-state index in [4.69, 9.17) is 10.00 Å². The zero-order valence-corrected chi connectivity index (χ0v) is 9.29. The van der Waals surface area contributed by atoms with Crippen LogP contribution in [0.4, 0.5) is 4.39 Å². The predicted molar refractivity (Wildman–Crippen MR) is 59.5 cm³/mol. The fourth-order valence-corrected chi connectivity index (χ4v) is 1.36. The SMILES string of the molecule is CCCNCc1cccc(F)c1OCC#N. The number of hydrogen-bond acceptors (Lipinski definition) is 3. The van der Waals surface area contributed by atoms with Crippen LogP contribution in [-0.4, -0.2) is 13.2 Å². The van der Waals surface area contributed by atoms with Gasteiger partial charge in [-0.15, -0.1) is 0 Å². The molecule has 0 aliphatic carbocycles. The van der Waals surface area contributed by atoms with E-state index in [2.05, 4.69) is 12.2 Å². The molecule has 0 saturated heterocycles. The Bertz CT molecular complexity index is 374. The van der Waals surface area contributed by atoms with Crippen LogP contribution in [0.3, 0.4) is 0 Å². The van der Waals surface area contributed by atoms with E-state index in [-0.39, 0.29) is 12.4 Å². The fourth-order valence-electron chi connectivity index (χ4n) is 1.36. The third-order valence-electron chi connectivity index (χ3n) is 2.07. The van der Waals surface area contributed by atoms with Gasteiger partial charge in [0.05, 0.1) is 0 Å². The van der Waals surface area contributed by atoms with Crippen LogP contribution in [0.15, 0.2) is 18.2 Å². The molecule has 3 nitrogen and oxygen atoms in total. The fraction of sp³-hybridized carbons (Fsp3) is 0.417. The van der Waals surface area contributed by atoms with E-state index in [1.54, 1.807) is 12.1 Å². The number of nitriles is 1. The molecule has 1 aromatic rings. The molecule has 0 saturated carbocycles. The maximum Gasteiger partial charge on any atom is 0.174 e. The van der Waals surface area contributed by atoms with Crippen molar-refractivity contribution in [3.8, 4) is 11.8 Å². The van der Waals surface area contributed by atoms with Gasteiger partial charge in [-0.1, -0.05) is 19.1 Å². The number of rotatable bonds is 6. The molecule has 0 aliphatic rings. The van der Waals surface area contributed by atoms with Crippen molar-refractivity contribution >= 4 is 0 Å². The molecule has 1 rings (SSSR count). The standard InChI is InChI=1S/C12H15FN2O/c1-2-7-15-9-10-4-3-5-11(13)12(10)16-8-6-14/h3-5,15H,2,7-9H2,1H3. The molecule has 0 radical (unpaired) electrons. The van der Waals surface area contributed by atoms with Crippen molar-refractivity contribution in [1.29, 1.82) is 5.26 Å². The van der Waals surface area contributed by atoms with Crippen LogP contribution in [0.25, 0.3) is 0 Å². The summed E-state index contributed by atoms with van der Waals surface area (Å²) in [7, 11) is 0. The zero-order chi connectivity index (χ0) is 11.8. The van der Waals surface area contributed by atoms with Gasteiger partial charge in [0.2, 0.25) is 0 Å². The smallest absolute Gasteiger partial charge is 0.174 e. The second-order valence-electron chi connectivity index (χ2n) is 3.35. The van der Waals surface area contributed by atoms with Crippen LogP contribution in [-0.2, 0) is 6.54 Å². The highest BCUT2D eigenvalue weighted by molar-refractivity contribution is 5.35. The van der Waals surface area contributed by atoms with Crippen molar-refractivity contribution in [2.24, 2.45) is 0 Å². The molecule has 4 heteroatoms. The lowest BCUT2D eigenvalue weighted by atomic mass is 10.2. The van der Waals surface area contributed by atoms with Crippen LogP contribution >= 0.6 is 0 Å². The lowest BCUT2D eigenvalue weighted by molar-refractivity contribution is 0.341. The molecule has 0 heterocycles. The number of benzene rings is 1. The summed E-state index contributed by atoms with van der Waals surface area (Å²) < 4.78 is 18.5. The van der Waals surface area contributed by atoms with Crippen LogP contribution < -0.4 is 10.1 Å². The Balaban J connectivity index is 2.73. The van der Waals surface area contributed by atoms with Crippen LogP contribution in [0.1, 0.15) is 18.9 Å². The largest absolute Gasteiger partial charge is 0.475 e. The molecule has 1 aromatic carbocycles. The summed E-state index contributed by atoms with van der Waals surface area (Å²) in [5, 5.41) is 11.6. The van der Waals surface area contributed by atoms with Gasteiger partial charge < -0.3 is 10.1 Å². The molecule has 0 aromatic heterocycles. The summed E-state index contributed by atoms with van der Waals surface area (Å²) in [5.41, 5.74) is 0.740. The van der Waals surface area contributed by atoms with Crippen LogP contribution in [0.2, 0.25) is 0 Å². The monoisotopic (exact) mass is 222 g/mol. The summed E-state index contributed by atoms with van der Waals surface area (Å²) in [6.07, 6.45) is 1.02. The van der Waals surface area contributed by atoms with Crippen molar-refractivity contribution in [2.75, 3.05) is 13.2 Å². The Hall–Kier alpha value is -1.60. The number of para-hydroxylation sites is 1. The highest BCUT2D eigenvalue weighted by Gasteiger charge is 2.08. The molecule has 0 atom stereocenters. The van der Waals surface area contributed by atoms with Crippen molar-refractivity contribution in [3.63, 3.8) is 0 Å². The topological polar surface area (TPSA) is 45.0 Å². The van der Waals surface area contributed by atoms with E-state index < -0.39 is 5.82 Å². The molecular weight excluding hydrogens is 207 g/mol. The molecule has 0 unspecified atom stereocenters. The third kappa shape index (κ3) is 3.52. The van der Waals surface area contributed by atoms with E-state index >= 15 is 0 Å². The van der Waals surface area contributed by atoms with Gasteiger partial charge in [0, 0.05) is 12.1 Å². The Morgan fingerprint density at radius 1 is 1.50 bits per heavy atom. The second-order valence-corrected chi connectivity index (χ2v) is 3.35. The average molecular weight is 222 g/mol. The third-order valence-corrected chi connectivity index (χ3v) is 2.07. The lowest BCUT2D eigenvalue weighted by Gasteiger charge is -2.10. The molecule has 86 valence electrons. The quantitative estimate of drug-likeness (QED) is 0.751. The molecule has 0 bridgehead atoms. The Kier molecular flexibility index (Phi) is 5.30. The van der Waals surface area contributed by atoms with Crippen LogP contribution in [0.5, 0.6) is 5.75 Å². The lowest BCUT2D eigenvalue weighted by Crippen LogP contribution is -2.15. The van der Waals surface area contributed by atoms with Gasteiger partial charge in [-0.05, 0) is 19.0 Å². The minimum atomic E-state index is -0.425. The van der Waals surface area contributed by atoms with Gasteiger partial charge >= 0.3 is 0 Å². The van der Waals surface area contributed by atoms with Gasteiger partial charge in [0.15, 0.2) is 18.2 Å². The number of hydrogen-bond donors (Lipinski definition) is 1. The van der Waals surface area contributed by atoms with Crippen molar-refractivity contribution in [3.05, 3.63) is 29.6 Å². The van der Waals surface area contributed by atoms with Gasteiger partial charge in [-0.3, -0.25) is 0 Å². The average Bonchev–Trinajstić information content (AvgIpc) is 2.28. The normalized spacial score (nSPS) is 9.81. The number of ether oxygens (including phenoxy) is 1. The molecule has 1 N–H and O–H groups in total. The summed E-state index contributed by atoms with van der Waals surface area (Å²) in [6, 6.07) is 6.58. The highest BCUT2D eigenvalue weighted by Crippen LogP contribution is 2.22. The van der Waals surface area contributed by atoms with E-state index in [9.17, 15) is 4.39 Å².